The highest BCUT2D eigenvalue weighted by Gasteiger charge is 2.20. The first-order valence-corrected chi connectivity index (χ1v) is 6.90. The van der Waals surface area contributed by atoms with Gasteiger partial charge in [-0.1, -0.05) is 30.8 Å². The Labute approximate surface area is 133 Å². The van der Waals surface area contributed by atoms with Crippen molar-refractivity contribution in [3.8, 4) is 5.75 Å². The summed E-state index contributed by atoms with van der Waals surface area (Å²) in [7, 11) is 0. The smallest absolute Gasteiger partial charge is 0.282 e. The lowest BCUT2D eigenvalue weighted by Crippen LogP contribution is -2.14. The molecule has 0 spiro atoms. The number of nitrogens with one attached hydrogen (secondary N) is 1. The second-order valence-electron chi connectivity index (χ2n) is 4.97. The van der Waals surface area contributed by atoms with E-state index >= 15 is 0 Å². The molecule has 0 aliphatic heterocycles. The van der Waals surface area contributed by atoms with Gasteiger partial charge < -0.3 is 10.1 Å². The SMILES string of the molecule is C=C(C)COc1ccccc1NC(=O)c1ccccc1[N+](=O)[O-]. The van der Waals surface area contributed by atoms with Gasteiger partial charge in [-0.3, -0.25) is 14.9 Å². The van der Waals surface area contributed by atoms with Crippen LogP contribution in [-0.4, -0.2) is 17.4 Å². The minimum absolute atomic E-state index is 0.00722. The molecule has 118 valence electrons. The summed E-state index contributed by atoms with van der Waals surface area (Å²) < 4.78 is 5.56. The number of nitro benzene ring substituents is 1. The predicted molar refractivity (Wildman–Crippen MR) is 87.8 cm³/mol. The first-order chi connectivity index (χ1) is 11.0. The fourth-order valence-corrected chi connectivity index (χ4v) is 1.91. The van der Waals surface area contributed by atoms with Gasteiger partial charge in [-0.2, -0.15) is 0 Å². The summed E-state index contributed by atoms with van der Waals surface area (Å²) in [6, 6.07) is 12.7. The molecule has 0 unspecified atom stereocenters. The molecule has 0 aliphatic rings. The molecule has 6 nitrogen and oxygen atoms in total. The molecule has 23 heavy (non-hydrogen) atoms. The zero-order chi connectivity index (χ0) is 16.8. The maximum absolute atomic E-state index is 12.3. The molecule has 0 aliphatic carbocycles. The van der Waals surface area contributed by atoms with E-state index in [0.29, 0.717) is 18.0 Å². The molecule has 1 amide bonds. The fourth-order valence-electron chi connectivity index (χ4n) is 1.91. The number of nitro groups is 1. The molecule has 0 heterocycles. The van der Waals surface area contributed by atoms with Crippen LogP contribution < -0.4 is 10.1 Å². The van der Waals surface area contributed by atoms with Crippen LogP contribution in [0.5, 0.6) is 5.75 Å². The quantitative estimate of drug-likeness (QED) is 0.499. The minimum atomic E-state index is -0.585. The van der Waals surface area contributed by atoms with E-state index in [1.165, 1.54) is 18.2 Å². The van der Waals surface area contributed by atoms with Crippen LogP contribution in [0.4, 0.5) is 11.4 Å². The third-order valence-corrected chi connectivity index (χ3v) is 2.95. The molecular weight excluding hydrogens is 296 g/mol. The summed E-state index contributed by atoms with van der Waals surface area (Å²) in [6.45, 7) is 5.90. The van der Waals surface area contributed by atoms with E-state index < -0.39 is 10.8 Å². The number of benzene rings is 2. The Morgan fingerprint density at radius 3 is 2.57 bits per heavy atom. The van der Waals surface area contributed by atoms with Gasteiger partial charge in [0.2, 0.25) is 0 Å². The highest BCUT2D eigenvalue weighted by Crippen LogP contribution is 2.26. The molecule has 0 saturated heterocycles. The lowest BCUT2D eigenvalue weighted by molar-refractivity contribution is -0.385. The monoisotopic (exact) mass is 312 g/mol. The summed E-state index contributed by atoms with van der Waals surface area (Å²) in [6.07, 6.45) is 0. The summed E-state index contributed by atoms with van der Waals surface area (Å²) in [4.78, 5) is 22.8. The van der Waals surface area contributed by atoms with Crippen LogP contribution in [0.15, 0.2) is 60.7 Å². The van der Waals surface area contributed by atoms with Crippen LogP contribution >= 0.6 is 0 Å². The molecule has 2 aromatic rings. The average molecular weight is 312 g/mol. The first-order valence-electron chi connectivity index (χ1n) is 6.90. The molecule has 0 saturated carbocycles. The van der Waals surface area contributed by atoms with Crippen LogP contribution in [-0.2, 0) is 0 Å². The Bertz CT molecular complexity index is 756. The molecule has 2 aromatic carbocycles. The maximum atomic E-state index is 12.3. The van der Waals surface area contributed by atoms with E-state index in [1.54, 1.807) is 30.3 Å². The van der Waals surface area contributed by atoms with Crippen molar-refractivity contribution in [1.82, 2.24) is 0 Å². The van der Waals surface area contributed by atoms with E-state index in [1.807, 2.05) is 6.92 Å². The van der Waals surface area contributed by atoms with Gasteiger partial charge in [0.15, 0.2) is 0 Å². The van der Waals surface area contributed by atoms with E-state index in [9.17, 15) is 14.9 Å². The Hall–Kier alpha value is -3.15. The Morgan fingerprint density at radius 2 is 1.87 bits per heavy atom. The van der Waals surface area contributed by atoms with Crippen molar-refractivity contribution in [2.24, 2.45) is 0 Å². The van der Waals surface area contributed by atoms with E-state index in [4.69, 9.17) is 4.74 Å². The fraction of sp³-hybridized carbons (Fsp3) is 0.118. The van der Waals surface area contributed by atoms with E-state index in [-0.39, 0.29) is 11.3 Å². The molecule has 2 rings (SSSR count). The number of hydrogen-bond acceptors (Lipinski definition) is 4. The van der Waals surface area contributed by atoms with Crippen LogP contribution in [0.3, 0.4) is 0 Å². The predicted octanol–water partition coefficient (Wildman–Crippen LogP) is 3.80. The van der Waals surface area contributed by atoms with Crippen molar-refractivity contribution >= 4 is 17.3 Å². The number of ether oxygens (including phenoxy) is 1. The van der Waals surface area contributed by atoms with Gasteiger partial charge in [0.25, 0.3) is 11.6 Å². The van der Waals surface area contributed by atoms with Gasteiger partial charge in [0.05, 0.1) is 10.6 Å². The first kappa shape index (κ1) is 16.2. The molecule has 0 bridgehead atoms. The molecule has 1 N–H and O–H groups in total. The lowest BCUT2D eigenvalue weighted by atomic mass is 10.1. The standard InChI is InChI=1S/C17H16N2O4/c1-12(2)11-23-16-10-6-4-8-14(16)18-17(20)13-7-3-5-9-15(13)19(21)22/h3-10H,1,11H2,2H3,(H,18,20). The number of nitrogens with zero attached hydrogens (tertiary/aromatic N) is 1. The number of carbonyl (C=O) groups excluding carboxylic acids is 1. The third-order valence-electron chi connectivity index (χ3n) is 2.95. The van der Waals surface area contributed by atoms with Gasteiger partial charge in [-0.15, -0.1) is 0 Å². The summed E-state index contributed by atoms with van der Waals surface area (Å²) >= 11 is 0. The minimum Gasteiger partial charge on any atom is -0.487 e. The van der Waals surface area contributed by atoms with Crippen molar-refractivity contribution in [3.63, 3.8) is 0 Å². The van der Waals surface area contributed by atoms with Gasteiger partial charge in [0, 0.05) is 6.07 Å². The third kappa shape index (κ3) is 4.16. The number of amides is 1. The zero-order valence-electron chi connectivity index (χ0n) is 12.6. The maximum Gasteiger partial charge on any atom is 0.282 e. The molecule has 6 heteroatoms. The van der Waals surface area contributed by atoms with Crippen molar-refractivity contribution in [1.29, 1.82) is 0 Å². The van der Waals surface area contributed by atoms with Gasteiger partial charge >= 0.3 is 0 Å². The van der Waals surface area contributed by atoms with Crippen molar-refractivity contribution in [2.75, 3.05) is 11.9 Å². The van der Waals surface area contributed by atoms with Crippen LogP contribution in [0, 0.1) is 10.1 Å². The largest absolute Gasteiger partial charge is 0.487 e. The summed E-state index contributed by atoms with van der Waals surface area (Å²) in [5, 5.41) is 13.7. The average Bonchev–Trinajstić information content (AvgIpc) is 2.53. The molecule has 0 aromatic heterocycles. The van der Waals surface area contributed by atoms with Crippen LogP contribution in [0.1, 0.15) is 17.3 Å². The van der Waals surface area contributed by atoms with Crippen molar-refractivity contribution < 1.29 is 14.5 Å². The molecule has 0 radical (unpaired) electrons. The van der Waals surface area contributed by atoms with Gasteiger partial charge in [-0.25, -0.2) is 0 Å². The molecule has 0 fully saturated rings. The number of rotatable bonds is 6. The molecular formula is C17H16N2O4. The number of anilines is 1. The number of carbonyl (C=O) groups is 1. The summed E-state index contributed by atoms with van der Waals surface area (Å²) in [5.74, 6) is -0.0916. The second kappa shape index (κ2) is 7.22. The highest BCUT2D eigenvalue weighted by molar-refractivity contribution is 6.07. The van der Waals surface area contributed by atoms with Crippen molar-refractivity contribution in [3.05, 3.63) is 76.4 Å². The summed E-state index contributed by atoms with van der Waals surface area (Å²) in [5.41, 5.74) is 1.03. The van der Waals surface area contributed by atoms with Gasteiger partial charge in [0.1, 0.15) is 17.9 Å². The zero-order valence-corrected chi connectivity index (χ0v) is 12.6. The Balaban J connectivity index is 2.24. The van der Waals surface area contributed by atoms with E-state index in [2.05, 4.69) is 11.9 Å². The van der Waals surface area contributed by atoms with Crippen LogP contribution in [0.2, 0.25) is 0 Å². The highest BCUT2D eigenvalue weighted by atomic mass is 16.6. The van der Waals surface area contributed by atoms with Crippen molar-refractivity contribution in [2.45, 2.75) is 6.92 Å². The Morgan fingerprint density at radius 1 is 1.22 bits per heavy atom. The van der Waals surface area contributed by atoms with Gasteiger partial charge in [-0.05, 0) is 30.7 Å². The lowest BCUT2D eigenvalue weighted by Gasteiger charge is -2.12. The second-order valence-corrected chi connectivity index (χ2v) is 4.97. The topological polar surface area (TPSA) is 81.5 Å². The molecule has 0 atom stereocenters. The Kier molecular flexibility index (Phi) is 5.09. The normalized spacial score (nSPS) is 9.96. The van der Waals surface area contributed by atoms with Crippen LogP contribution in [0.25, 0.3) is 0 Å². The number of para-hydroxylation sites is 3. The number of hydrogen-bond donors (Lipinski definition) is 1. The van der Waals surface area contributed by atoms with E-state index in [0.717, 1.165) is 5.57 Å².